The number of rotatable bonds is 4. The van der Waals surface area contributed by atoms with Gasteiger partial charge in [-0.25, -0.2) is 0 Å². The molecular formula is C24H25ClO4. The third-order valence-corrected chi connectivity index (χ3v) is 6.20. The lowest BCUT2D eigenvalue weighted by Crippen LogP contribution is -2.47. The molecule has 0 amide bonds. The van der Waals surface area contributed by atoms with Gasteiger partial charge in [-0.1, -0.05) is 73.1 Å². The van der Waals surface area contributed by atoms with Crippen molar-refractivity contribution >= 4 is 11.6 Å². The first-order chi connectivity index (χ1) is 14.0. The molecule has 152 valence electrons. The monoisotopic (exact) mass is 412 g/mol. The maximum Gasteiger partial charge on any atom is 0.110 e. The summed E-state index contributed by atoms with van der Waals surface area (Å²) < 4.78 is 5.84. The predicted molar refractivity (Wildman–Crippen MR) is 113 cm³/mol. The number of benzene rings is 1. The molecule has 1 fully saturated rings. The Morgan fingerprint density at radius 3 is 2.38 bits per heavy atom. The van der Waals surface area contributed by atoms with E-state index in [0.717, 1.165) is 11.1 Å². The van der Waals surface area contributed by atoms with E-state index >= 15 is 0 Å². The number of fused-ring (bicyclic) bond motifs is 1. The van der Waals surface area contributed by atoms with Crippen molar-refractivity contribution in [2.24, 2.45) is 0 Å². The van der Waals surface area contributed by atoms with Crippen LogP contribution in [0, 0.1) is 0 Å². The number of halogens is 1. The molecule has 0 bridgehead atoms. The van der Waals surface area contributed by atoms with E-state index in [2.05, 4.69) is 31.2 Å². The summed E-state index contributed by atoms with van der Waals surface area (Å²) >= 11 is 6.54. The third-order valence-electron chi connectivity index (χ3n) is 5.86. The molecule has 5 atom stereocenters. The zero-order chi connectivity index (χ0) is 20.5. The maximum atomic E-state index is 10.2. The van der Waals surface area contributed by atoms with Gasteiger partial charge in [-0.2, -0.15) is 0 Å². The summed E-state index contributed by atoms with van der Waals surface area (Å²) in [5, 5.41) is 30.2. The Bertz CT molecular complexity index is 928. The Kier molecular flexibility index (Phi) is 5.91. The van der Waals surface area contributed by atoms with Crippen LogP contribution in [0.1, 0.15) is 42.1 Å². The smallest absolute Gasteiger partial charge is 0.110 e. The van der Waals surface area contributed by atoms with E-state index in [0.29, 0.717) is 5.02 Å². The zero-order valence-corrected chi connectivity index (χ0v) is 17.0. The summed E-state index contributed by atoms with van der Waals surface area (Å²) in [7, 11) is 0. The van der Waals surface area contributed by atoms with Gasteiger partial charge in [0.1, 0.15) is 12.2 Å². The highest BCUT2D eigenvalue weighted by atomic mass is 35.5. The van der Waals surface area contributed by atoms with Crippen LogP contribution in [-0.2, 0) is 4.74 Å². The van der Waals surface area contributed by atoms with Gasteiger partial charge in [-0.05, 0) is 33.9 Å². The van der Waals surface area contributed by atoms with Crippen molar-refractivity contribution in [2.75, 3.05) is 6.61 Å². The largest absolute Gasteiger partial charge is 0.394 e. The van der Waals surface area contributed by atoms with Crippen LogP contribution in [-0.4, -0.2) is 40.2 Å². The molecule has 2 aliphatic carbocycles. The maximum absolute atomic E-state index is 10.2. The van der Waals surface area contributed by atoms with Gasteiger partial charge < -0.3 is 20.1 Å². The van der Waals surface area contributed by atoms with Crippen LogP contribution in [0.5, 0.6) is 0 Å². The van der Waals surface area contributed by atoms with E-state index in [-0.39, 0.29) is 18.9 Å². The molecule has 1 aliphatic heterocycles. The summed E-state index contributed by atoms with van der Waals surface area (Å²) in [6.45, 7) is 1.78. The van der Waals surface area contributed by atoms with E-state index in [1.807, 2.05) is 36.4 Å². The summed E-state index contributed by atoms with van der Waals surface area (Å²) in [5.74, 6) is 0.0768. The van der Waals surface area contributed by atoms with Crippen LogP contribution in [0.25, 0.3) is 11.1 Å². The van der Waals surface area contributed by atoms with Gasteiger partial charge in [0.25, 0.3) is 0 Å². The van der Waals surface area contributed by atoms with Gasteiger partial charge in [0.05, 0.1) is 18.8 Å². The van der Waals surface area contributed by atoms with Crippen LogP contribution in [0.3, 0.4) is 0 Å². The molecule has 4 rings (SSSR count). The molecule has 1 saturated heterocycles. The van der Waals surface area contributed by atoms with Crippen LogP contribution in [0.2, 0.25) is 5.02 Å². The molecule has 1 aromatic rings. The van der Waals surface area contributed by atoms with E-state index in [9.17, 15) is 15.3 Å². The van der Waals surface area contributed by atoms with Crippen LogP contribution in [0.4, 0.5) is 0 Å². The fourth-order valence-corrected chi connectivity index (χ4v) is 4.36. The Morgan fingerprint density at radius 1 is 1.03 bits per heavy atom. The third kappa shape index (κ3) is 4.04. The van der Waals surface area contributed by atoms with Gasteiger partial charge in [0.2, 0.25) is 0 Å². The van der Waals surface area contributed by atoms with Crippen molar-refractivity contribution in [3.63, 3.8) is 0 Å². The number of aliphatic hydroxyl groups excluding tert-OH is 3. The number of ether oxygens (including phenoxy) is 1. The minimum absolute atomic E-state index is 0.0768. The van der Waals surface area contributed by atoms with Crippen LogP contribution in [0.15, 0.2) is 60.7 Å². The normalized spacial score (nSPS) is 25.8. The van der Waals surface area contributed by atoms with Gasteiger partial charge in [-0.15, -0.1) is 0 Å². The van der Waals surface area contributed by atoms with E-state index in [1.54, 1.807) is 0 Å². The Hall–Kier alpha value is -1.95. The first-order valence-electron chi connectivity index (χ1n) is 9.88. The molecule has 1 aromatic carbocycles. The van der Waals surface area contributed by atoms with Crippen molar-refractivity contribution in [1.82, 2.24) is 0 Å². The molecule has 0 saturated carbocycles. The highest BCUT2D eigenvalue weighted by Gasteiger charge is 2.37. The molecule has 5 heteroatoms. The van der Waals surface area contributed by atoms with E-state index in [4.69, 9.17) is 16.3 Å². The molecule has 3 aliphatic rings. The first-order valence-corrected chi connectivity index (χ1v) is 10.3. The molecule has 29 heavy (non-hydrogen) atoms. The minimum Gasteiger partial charge on any atom is -0.394 e. The Labute approximate surface area is 175 Å². The van der Waals surface area contributed by atoms with Crippen molar-refractivity contribution in [1.29, 1.82) is 0 Å². The van der Waals surface area contributed by atoms with Gasteiger partial charge in [0, 0.05) is 17.4 Å². The fourth-order valence-electron chi connectivity index (χ4n) is 4.08. The van der Waals surface area contributed by atoms with Gasteiger partial charge in [-0.3, -0.25) is 0 Å². The summed E-state index contributed by atoms with van der Waals surface area (Å²) in [5.41, 5.74) is 5.40. The minimum atomic E-state index is -1.08. The van der Waals surface area contributed by atoms with E-state index in [1.165, 1.54) is 16.7 Å². The number of aliphatic hydroxyl groups is 3. The molecular weight excluding hydrogens is 388 g/mol. The lowest BCUT2D eigenvalue weighted by Gasteiger charge is -2.36. The van der Waals surface area contributed by atoms with Gasteiger partial charge >= 0.3 is 0 Å². The summed E-state index contributed by atoms with van der Waals surface area (Å²) in [6, 6.07) is 20.4. The average Bonchev–Trinajstić information content (AvgIpc) is 3.00. The lowest BCUT2D eigenvalue weighted by molar-refractivity contribution is -0.181. The second-order valence-corrected chi connectivity index (χ2v) is 8.16. The van der Waals surface area contributed by atoms with Crippen LogP contribution < -0.4 is 0 Å². The topological polar surface area (TPSA) is 69.9 Å². The highest BCUT2D eigenvalue weighted by Crippen LogP contribution is 2.38. The SMILES string of the molecule is CC(c1cc2cccccc-2c1)c1cc([C@H]2CC(O)[C@H](O)C(CO)O2)ccc1Cl. The highest BCUT2D eigenvalue weighted by molar-refractivity contribution is 6.31. The van der Waals surface area contributed by atoms with Crippen molar-refractivity contribution in [3.05, 3.63) is 82.4 Å². The molecule has 0 aromatic heterocycles. The van der Waals surface area contributed by atoms with Gasteiger partial charge in [0.15, 0.2) is 0 Å². The molecule has 3 N–H and O–H groups in total. The Morgan fingerprint density at radius 2 is 1.72 bits per heavy atom. The molecule has 3 unspecified atom stereocenters. The quantitative estimate of drug-likeness (QED) is 0.602. The molecule has 0 radical (unpaired) electrons. The van der Waals surface area contributed by atoms with Crippen molar-refractivity contribution < 1.29 is 20.1 Å². The number of hydrogen-bond acceptors (Lipinski definition) is 4. The molecule has 0 spiro atoms. The summed E-state index contributed by atoms with van der Waals surface area (Å²) in [6.07, 6.45) is -2.97. The molecule has 4 nitrogen and oxygen atoms in total. The van der Waals surface area contributed by atoms with E-state index < -0.39 is 24.4 Å². The number of hydrogen-bond donors (Lipinski definition) is 3. The average molecular weight is 413 g/mol. The summed E-state index contributed by atoms with van der Waals surface area (Å²) in [4.78, 5) is 0. The standard InChI is InChI=1S/C24H25ClO4/c1-14(18-9-15-5-3-2-4-6-16(15)10-18)19-11-17(7-8-20(19)25)22-12-21(27)24(28)23(13-26)29-22/h2-11,14,21-24,26-28H,12-13H2,1H3/t14?,21?,22-,23?,24+/m1/s1. The predicted octanol–water partition coefficient (Wildman–Crippen LogP) is 4.14. The lowest BCUT2D eigenvalue weighted by atomic mass is 9.89. The van der Waals surface area contributed by atoms with Crippen molar-refractivity contribution in [3.8, 4) is 11.1 Å². The first kappa shape index (κ1) is 20.3. The Balaban J connectivity index is 1.65. The second kappa shape index (κ2) is 8.42. The van der Waals surface area contributed by atoms with Crippen molar-refractivity contribution in [2.45, 2.75) is 43.7 Å². The van der Waals surface area contributed by atoms with Crippen LogP contribution >= 0.6 is 11.6 Å². The zero-order valence-electron chi connectivity index (χ0n) is 16.2. The second-order valence-electron chi connectivity index (χ2n) is 7.75. The molecule has 1 heterocycles. The fraction of sp³-hybridized carbons (Fsp3) is 0.333.